The fourth-order valence-electron chi connectivity index (χ4n) is 1.89. The number of nitrogen functional groups attached to an aromatic ring is 1. The van der Waals surface area contributed by atoms with Crippen molar-refractivity contribution in [3.05, 3.63) is 42.5 Å². The van der Waals surface area contributed by atoms with Gasteiger partial charge in [0.05, 0.1) is 23.4 Å². The van der Waals surface area contributed by atoms with Gasteiger partial charge in [0.25, 0.3) is 10.0 Å². The van der Waals surface area contributed by atoms with E-state index < -0.39 is 10.0 Å². The predicted octanol–water partition coefficient (Wildman–Crippen LogP) is 2.04. The Morgan fingerprint density at radius 1 is 1.13 bits per heavy atom. The summed E-state index contributed by atoms with van der Waals surface area (Å²) in [6, 6.07) is 10.5. The second-order valence-corrected chi connectivity index (χ2v) is 6.45. The molecule has 0 saturated heterocycles. The number of ether oxygens (including phenoxy) is 1. The normalized spacial score (nSPS) is 10.9. The Morgan fingerprint density at radius 3 is 2.30 bits per heavy atom. The molecule has 0 aromatic heterocycles. The van der Waals surface area contributed by atoms with Crippen molar-refractivity contribution in [1.29, 1.82) is 0 Å². The molecule has 7 nitrogen and oxygen atoms in total. The molecule has 0 aliphatic heterocycles. The minimum atomic E-state index is -3.78. The van der Waals surface area contributed by atoms with Crippen molar-refractivity contribution in [3.8, 4) is 5.75 Å². The maximum Gasteiger partial charge on any atom is 0.261 e. The van der Waals surface area contributed by atoms with E-state index in [2.05, 4.69) is 10.0 Å². The Balaban J connectivity index is 2.23. The van der Waals surface area contributed by atoms with E-state index in [9.17, 15) is 13.2 Å². The molecule has 4 N–H and O–H groups in total. The lowest BCUT2D eigenvalue weighted by molar-refractivity contribution is -0.114. The SMILES string of the molecule is COc1ccc(NS(=O)(=O)c2ccc(NC(C)=O)cc2)c(N)c1. The highest BCUT2D eigenvalue weighted by atomic mass is 32.2. The highest BCUT2D eigenvalue weighted by Gasteiger charge is 2.16. The summed E-state index contributed by atoms with van der Waals surface area (Å²) in [5.74, 6) is 0.301. The number of benzene rings is 2. The van der Waals surface area contributed by atoms with Gasteiger partial charge in [-0.05, 0) is 36.4 Å². The largest absolute Gasteiger partial charge is 0.497 e. The van der Waals surface area contributed by atoms with Crippen LogP contribution in [0.1, 0.15) is 6.92 Å². The summed E-state index contributed by atoms with van der Waals surface area (Å²) in [5.41, 5.74) is 6.83. The molecule has 0 aliphatic carbocycles. The van der Waals surface area contributed by atoms with Gasteiger partial charge in [-0.2, -0.15) is 0 Å². The van der Waals surface area contributed by atoms with Crippen LogP contribution in [0.5, 0.6) is 5.75 Å². The molecule has 0 radical (unpaired) electrons. The summed E-state index contributed by atoms with van der Waals surface area (Å²) in [6.45, 7) is 1.37. The van der Waals surface area contributed by atoms with Gasteiger partial charge in [-0.15, -0.1) is 0 Å². The average molecular weight is 335 g/mol. The highest BCUT2D eigenvalue weighted by Crippen LogP contribution is 2.26. The third-order valence-corrected chi connectivity index (χ3v) is 4.37. The van der Waals surface area contributed by atoms with Crippen molar-refractivity contribution >= 4 is 33.0 Å². The van der Waals surface area contributed by atoms with Crippen LogP contribution in [0, 0.1) is 0 Å². The highest BCUT2D eigenvalue weighted by molar-refractivity contribution is 7.92. The van der Waals surface area contributed by atoms with E-state index in [4.69, 9.17) is 10.5 Å². The van der Waals surface area contributed by atoms with E-state index in [1.54, 1.807) is 6.07 Å². The third kappa shape index (κ3) is 4.13. The molecule has 0 spiro atoms. The first-order chi connectivity index (χ1) is 10.8. The number of hydrogen-bond acceptors (Lipinski definition) is 5. The van der Waals surface area contributed by atoms with Crippen molar-refractivity contribution in [2.24, 2.45) is 0 Å². The van der Waals surface area contributed by atoms with Crippen LogP contribution in [0.2, 0.25) is 0 Å². The molecule has 2 aromatic carbocycles. The van der Waals surface area contributed by atoms with E-state index in [0.29, 0.717) is 11.4 Å². The number of anilines is 3. The quantitative estimate of drug-likeness (QED) is 0.724. The molecule has 0 aliphatic rings. The molecule has 0 heterocycles. The summed E-state index contributed by atoms with van der Waals surface area (Å²) in [7, 11) is -2.29. The van der Waals surface area contributed by atoms with Crippen LogP contribution in [0.15, 0.2) is 47.4 Å². The van der Waals surface area contributed by atoms with Gasteiger partial charge in [-0.25, -0.2) is 8.42 Å². The van der Waals surface area contributed by atoms with Crippen LogP contribution < -0.4 is 20.5 Å². The maximum absolute atomic E-state index is 12.4. The zero-order chi connectivity index (χ0) is 17.0. The molecule has 2 aromatic rings. The van der Waals surface area contributed by atoms with Crippen LogP contribution >= 0.6 is 0 Å². The van der Waals surface area contributed by atoms with E-state index in [1.807, 2.05) is 0 Å². The van der Waals surface area contributed by atoms with Crippen LogP contribution in [0.25, 0.3) is 0 Å². The number of carbonyl (C=O) groups is 1. The Kier molecular flexibility index (Phi) is 4.75. The number of methoxy groups -OCH3 is 1. The van der Waals surface area contributed by atoms with Gasteiger partial charge < -0.3 is 15.8 Å². The zero-order valence-corrected chi connectivity index (χ0v) is 13.5. The van der Waals surface area contributed by atoms with Crippen molar-refractivity contribution in [2.45, 2.75) is 11.8 Å². The smallest absolute Gasteiger partial charge is 0.261 e. The predicted molar refractivity (Wildman–Crippen MR) is 89.0 cm³/mol. The summed E-state index contributed by atoms with van der Waals surface area (Å²) >= 11 is 0. The number of nitrogens with two attached hydrogens (primary N) is 1. The van der Waals surface area contributed by atoms with Gasteiger partial charge in [0, 0.05) is 18.7 Å². The Morgan fingerprint density at radius 2 is 1.78 bits per heavy atom. The molecule has 23 heavy (non-hydrogen) atoms. The van der Waals surface area contributed by atoms with Crippen LogP contribution in [-0.4, -0.2) is 21.4 Å². The molecule has 0 fully saturated rings. The van der Waals surface area contributed by atoms with E-state index in [-0.39, 0.29) is 22.2 Å². The van der Waals surface area contributed by atoms with Gasteiger partial charge in [-0.1, -0.05) is 0 Å². The van der Waals surface area contributed by atoms with Crippen molar-refractivity contribution in [2.75, 3.05) is 22.9 Å². The molecular formula is C15H17N3O4S. The molecular weight excluding hydrogens is 318 g/mol. The van der Waals surface area contributed by atoms with Crippen LogP contribution in [0.4, 0.5) is 17.1 Å². The van der Waals surface area contributed by atoms with Crippen molar-refractivity contribution in [3.63, 3.8) is 0 Å². The second-order valence-electron chi connectivity index (χ2n) is 4.76. The summed E-state index contributed by atoms with van der Waals surface area (Å²) in [4.78, 5) is 11.0. The number of rotatable bonds is 5. The Bertz CT molecular complexity index is 817. The lowest BCUT2D eigenvalue weighted by Crippen LogP contribution is -2.14. The second kappa shape index (κ2) is 6.57. The third-order valence-electron chi connectivity index (χ3n) is 2.99. The average Bonchev–Trinajstić information content (AvgIpc) is 2.49. The van der Waals surface area contributed by atoms with Crippen LogP contribution in [-0.2, 0) is 14.8 Å². The molecule has 0 unspecified atom stereocenters. The van der Waals surface area contributed by atoms with Gasteiger partial charge in [-0.3, -0.25) is 9.52 Å². The molecule has 8 heteroatoms. The fraction of sp³-hybridized carbons (Fsp3) is 0.133. The zero-order valence-electron chi connectivity index (χ0n) is 12.7. The van der Waals surface area contributed by atoms with Crippen LogP contribution in [0.3, 0.4) is 0 Å². The fourth-order valence-corrected chi connectivity index (χ4v) is 2.97. The number of carbonyl (C=O) groups excluding carboxylic acids is 1. The molecule has 122 valence electrons. The molecule has 0 saturated carbocycles. The number of hydrogen-bond donors (Lipinski definition) is 3. The Hall–Kier alpha value is -2.74. The first-order valence-corrected chi connectivity index (χ1v) is 8.14. The summed E-state index contributed by atoms with van der Waals surface area (Å²) in [5, 5.41) is 2.57. The molecule has 1 amide bonds. The lowest BCUT2D eigenvalue weighted by atomic mass is 10.2. The van der Waals surface area contributed by atoms with Gasteiger partial charge >= 0.3 is 0 Å². The van der Waals surface area contributed by atoms with Gasteiger partial charge in [0.15, 0.2) is 0 Å². The number of sulfonamides is 1. The van der Waals surface area contributed by atoms with Gasteiger partial charge in [0.2, 0.25) is 5.91 Å². The molecule has 0 bridgehead atoms. The van der Waals surface area contributed by atoms with E-state index in [1.165, 1.54) is 50.4 Å². The first kappa shape index (κ1) is 16.6. The van der Waals surface area contributed by atoms with Crippen molar-refractivity contribution in [1.82, 2.24) is 0 Å². The minimum absolute atomic E-state index is 0.0572. The monoisotopic (exact) mass is 335 g/mol. The van der Waals surface area contributed by atoms with E-state index in [0.717, 1.165) is 0 Å². The first-order valence-electron chi connectivity index (χ1n) is 6.66. The topological polar surface area (TPSA) is 111 Å². The van der Waals surface area contributed by atoms with Crippen molar-refractivity contribution < 1.29 is 17.9 Å². The Labute approximate surface area is 134 Å². The van der Waals surface area contributed by atoms with E-state index >= 15 is 0 Å². The number of nitrogens with one attached hydrogen (secondary N) is 2. The number of amides is 1. The minimum Gasteiger partial charge on any atom is -0.497 e. The standard InChI is InChI=1S/C15H17N3O4S/c1-10(19)17-11-3-6-13(7-4-11)23(20,21)18-15-8-5-12(22-2)9-14(15)16/h3-9,18H,16H2,1-2H3,(H,17,19). The molecule has 2 rings (SSSR count). The van der Waals surface area contributed by atoms with Gasteiger partial charge in [0.1, 0.15) is 5.75 Å². The summed E-state index contributed by atoms with van der Waals surface area (Å²) < 4.78 is 32.1. The molecule has 0 atom stereocenters. The summed E-state index contributed by atoms with van der Waals surface area (Å²) in [6.07, 6.45) is 0. The lowest BCUT2D eigenvalue weighted by Gasteiger charge is -2.12. The maximum atomic E-state index is 12.4.